The van der Waals surface area contributed by atoms with Crippen molar-refractivity contribution in [3.05, 3.63) is 29.4 Å². The summed E-state index contributed by atoms with van der Waals surface area (Å²) < 4.78 is 1.37. The molecule has 3 nitrogen and oxygen atoms in total. The molecule has 1 N–H and O–H groups in total. The maximum Gasteiger partial charge on any atom is 0.228 e. The second-order valence-electron chi connectivity index (χ2n) is 3.06. The summed E-state index contributed by atoms with van der Waals surface area (Å²) in [6.07, 6.45) is 1.39. The van der Waals surface area contributed by atoms with Gasteiger partial charge in [-0.2, -0.15) is 0 Å². The lowest BCUT2D eigenvalue weighted by Crippen LogP contribution is -2.02. The van der Waals surface area contributed by atoms with Gasteiger partial charge in [-0.05, 0) is 18.2 Å². The summed E-state index contributed by atoms with van der Waals surface area (Å²) in [7, 11) is 0. The van der Waals surface area contributed by atoms with E-state index in [0.717, 1.165) is 0 Å². The first-order valence-corrected chi connectivity index (χ1v) is 4.48. The monoisotopic (exact) mass is 209 g/mol. The molecule has 72 valence electrons. The number of nitrogens with zero attached hydrogens (tertiary/aromatic N) is 1. The van der Waals surface area contributed by atoms with E-state index >= 15 is 0 Å². The molecule has 0 bridgehead atoms. The average molecular weight is 210 g/mol. The minimum atomic E-state index is -0.155. The summed E-state index contributed by atoms with van der Waals surface area (Å²) >= 11 is 5.80. The molecule has 0 atom stereocenters. The van der Waals surface area contributed by atoms with Gasteiger partial charge in [-0.3, -0.25) is 9.36 Å². The van der Waals surface area contributed by atoms with Crippen LogP contribution in [0.25, 0.3) is 10.9 Å². The fourth-order valence-electron chi connectivity index (χ4n) is 1.44. The molecule has 0 aliphatic heterocycles. The Labute approximate surface area is 85.5 Å². The Morgan fingerprint density at radius 3 is 2.86 bits per heavy atom. The second-order valence-corrected chi connectivity index (χ2v) is 3.50. The van der Waals surface area contributed by atoms with Crippen molar-refractivity contribution in [2.45, 2.75) is 6.92 Å². The van der Waals surface area contributed by atoms with E-state index in [9.17, 15) is 9.90 Å². The van der Waals surface area contributed by atoms with Gasteiger partial charge in [0.15, 0.2) is 0 Å². The number of carbonyl (C=O) groups excluding carboxylic acids is 1. The molecule has 0 saturated heterocycles. The average Bonchev–Trinajstić information content (AvgIpc) is 2.43. The van der Waals surface area contributed by atoms with E-state index in [4.69, 9.17) is 11.6 Å². The van der Waals surface area contributed by atoms with E-state index in [1.807, 2.05) is 0 Å². The fraction of sp³-hybridized carbons (Fsp3) is 0.100. The number of benzene rings is 1. The predicted octanol–water partition coefficient (Wildman–Crippen LogP) is 2.66. The molecule has 0 saturated carbocycles. The Morgan fingerprint density at radius 2 is 2.21 bits per heavy atom. The Hall–Kier alpha value is -1.48. The van der Waals surface area contributed by atoms with Crippen molar-refractivity contribution in [3.8, 4) is 5.75 Å². The van der Waals surface area contributed by atoms with Crippen LogP contribution in [0.3, 0.4) is 0 Å². The number of aromatic nitrogens is 1. The third-order valence-electron chi connectivity index (χ3n) is 2.09. The molecule has 1 aromatic carbocycles. The molecule has 1 heterocycles. The third-order valence-corrected chi connectivity index (χ3v) is 2.32. The first-order chi connectivity index (χ1) is 6.59. The van der Waals surface area contributed by atoms with Gasteiger partial charge < -0.3 is 5.11 Å². The Bertz CT molecular complexity index is 516. The van der Waals surface area contributed by atoms with Crippen molar-refractivity contribution in [2.75, 3.05) is 0 Å². The lowest BCUT2D eigenvalue weighted by atomic mass is 10.2. The summed E-state index contributed by atoms with van der Waals surface area (Å²) in [5.41, 5.74) is 0.627. The van der Waals surface area contributed by atoms with Crippen LogP contribution in [0.2, 0.25) is 5.02 Å². The van der Waals surface area contributed by atoms with E-state index in [2.05, 4.69) is 0 Å². The summed E-state index contributed by atoms with van der Waals surface area (Å²) in [5.74, 6) is -0.0653. The molecule has 0 aliphatic carbocycles. The zero-order chi connectivity index (χ0) is 10.3. The van der Waals surface area contributed by atoms with Gasteiger partial charge in [0.05, 0.1) is 11.7 Å². The minimum Gasteiger partial charge on any atom is -0.506 e. The third kappa shape index (κ3) is 1.26. The van der Waals surface area contributed by atoms with Crippen molar-refractivity contribution >= 4 is 28.4 Å². The van der Waals surface area contributed by atoms with Gasteiger partial charge in [0.25, 0.3) is 0 Å². The van der Waals surface area contributed by atoms with Crippen molar-refractivity contribution in [1.82, 2.24) is 4.57 Å². The number of fused-ring (bicyclic) bond motifs is 1. The molecule has 0 radical (unpaired) electrons. The highest BCUT2D eigenvalue weighted by Gasteiger charge is 2.09. The smallest absolute Gasteiger partial charge is 0.228 e. The Balaban J connectivity index is 2.85. The van der Waals surface area contributed by atoms with Crippen molar-refractivity contribution in [1.29, 1.82) is 0 Å². The standard InChI is InChI=1S/C10H8ClNO2/c1-6(13)12-5-10(14)8-3-2-7(11)4-9(8)12/h2-5,14H,1H3. The summed E-state index contributed by atoms with van der Waals surface area (Å²) in [4.78, 5) is 11.2. The molecule has 2 rings (SSSR count). The second kappa shape index (κ2) is 3.03. The highest BCUT2D eigenvalue weighted by atomic mass is 35.5. The maximum absolute atomic E-state index is 11.2. The van der Waals surface area contributed by atoms with Crippen LogP contribution in [-0.4, -0.2) is 15.6 Å². The SMILES string of the molecule is CC(=O)n1cc(O)c2ccc(Cl)cc21. The minimum absolute atomic E-state index is 0.0897. The van der Waals surface area contributed by atoms with E-state index in [1.165, 1.54) is 17.7 Å². The fourth-order valence-corrected chi connectivity index (χ4v) is 1.61. The van der Waals surface area contributed by atoms with Gasteiger partial charge in [0, 0.05) is 17.3 Å². The van der Waals surface area contributed by atoms with Crippen LogP contribution >= 0.6 is 11.6 Å². The van der Waals surface area contributed by atoms with Gasteiger partial charge >= 0.3 is 0 Å². The molecule has 2 aromatic rings. The lowest BCUT2D eigenvalue weighted by Gasteiger charge is -1.98. The number of hydrogen-bond donors (Lipinski definition) is 1. The van der Waals surface area contributed by atoms with Gasteiger partial charge in [-0.1, -0.05) is 11.6 Å². The largest absolute Gasteiger partial charge is 0.506 e. The quantitative estimate of drug-likeness (QED) is 0.725. The van der Waals surface area contributed by atoms with Crippen LogP contribution in [0, 0.1) is 0 Å². The van der Waals surface area contributed by atoms with Crippen LogP contribution in [0.15, 0.2) is 24.4 Å². The molecule has 1 aromatic heterocycles. The van der Waals surface area contributed by atoms with Crippen LogP contribution in [0.5, 0.6) is 5.75 Å². The summed E-state index contributed by atoms with van der Waals surface area (Å²) in [6, 6.07) is 5.01. The predicted molar refractivity (Wildman–Crippen MR) is 54.9 cm³/mol. The first kappa shape index (κ1) is 9.09. The highest BCUT2D eigenvalue weighted by Crippen LogP contribution is 2.28. The van der Waals surface area contributed by atoms with Gasteiger partial charge in [-0.15, -0.1) is 0 Å². The molecule has 0 spiro atoms. The highest BCUT2D eigenvalue weighted by molar-refractivity contribution is 6.31. The molecule has 0 amide bonds. The van der Waals surface area contributed by atoms with Crippen LogP contribution in [0.1, 0.15) is 11.7 Å². The van der Waals surface area contributed by atoms with E-state index in [-0.39, 0.29) is 11.7 Å². The molecular weight excluding hydrogens is 202 g/mol. The van der Waals surface area contributed by atoms with Gasteiger partial charge in [0.2, 0.25) is 5.91 Å². The number of carbonyl (C=O) groups is 1. The van der Waals surface area contributed by atoms with Gasteiger partial charge in [0.1, 0.15) is 5.75 Å². The van der Waals surface area contributed by atoms with Gasteiger partial charge in [-0.25, -0.2) is 0 Å². The van der Waals surface area contributed by atoms with Crippen molar-refractivity contribution in [2.24, 2.45) is 0 Å². The normalized spacial score (nSPS) is 10.7. The molecular formula is C10H8ClNO2. The van der Waals surface area contributed by atoms with Crippen LogP contribution in [0.4, 0.5) is 0 Å². The molecule has 0 unspecified atom stereocenters. The number of aromatic hydroxyl groups is 1. The zero-order valence-electron chi connectivity index (χ0n) is 7.49. The molecule has 0 aliphatic rings. The molecule has 4 heteroatoms. The van der Waals surface area contributed by atoms with Crippen molar-refractivity contribution < 1.29 is 9.90 Å². The Morgan fingerprint density at radius 1 is 1.50 bits per heavy atom. The number of halogens is 1. The van der Waals surface area contributed by atoms with Crippen LogP contribution in [-0.2, 0) is 0 Å². The van der Waals surface area contributed by atoms with E-state index in [0.29, 0.717) is 15.9 Å². The number of rotatable bonds is 0. The van der Waals surface area contributed by atoms with E-state index < -0.39 is 0 Å². The molecule has 0 fully saturated rings. The topological polar surface area (TPSA) is 42.2 Å². The Kier molecular flexibility index (Phi) is 1.97. The van der Waals surface area contributed by atoms with Crippen LogP contribution < -0.4 is 0 Å². The van der Waals surface area contributed by atoms with Crippen molar-refractivity contribution in [3.63, 3.8) is 0 Å². The molecule has 14 heavy (non-hydrogen) atoms. The summed E-state index contributed by atoms with van der Waals surface area (Å²) in [6.45, 7) is 1.43. The number of hydrogen-bond acceptors (Lipinski definition) is 2. The first-order valence-electron chi connectivity index (χ1n) is 4.10. The zero-order valence-corrected chi connectivity index (χ0v) is 8.25. The lowest BCUT2D eigenvalue weighted by molar-refractivity contribution is 0.0941. The summed E-state index contributed by atoms with van der Waals surface area (Å²) in [5, 5.41) is 10.7. The maximum atomic E-state index is 11.2. The van der Waals surface area contributed by atoms with E-state index in [1.54, 1.807) is 18.2 Å².